The van der Waals surface area contributed by atoms with E-state index in [2.05, 4.69) is 17.2 Å². The van der Waals surface area contributed by atoms with E-state index in [-0.39, 0.29) is 17.5 Å². The van der Waals surface area contributed by atoms with Gasteiger partial charge in [0.05, 0.1) is 0 Å². The van der Waals surface area contributed by atoms with Gasteiger partial charge in [-0.05, 0) is 43.9 Å². The van der Waals surface area contributed by atoms with E-state index in [9.17, 15) is 14.4 Å². The fourth-order valence-corrected chi connectivity index (χ4v) is 1.80. The molecular weight excluding hydrogens is 268 g/mol. The zero-order valence-corrected chi connectivity index (χ0v) is 12.4. The van der Waals surface area contributed by atoms with Crippen molar-refractivity contribution >= 4 is 23.7 Å². The van der Waals surface area contributed by atoms with E-state index in [1.165, 1.54) is 12.2 Å². The maximum atomic E-state index is 11.3. The third kappa shape index (κ3) is 6.79. The fraction of sp³-hybridized carbons (Fsp3) is 0.500. The van der Waals surface area contributed by atoms with Crippen LogP contribution in [0.3, 0.4) is 0 Å². The maximum Gasteiger partial charge on any atom is 0.243 e. The van der Waals surface area contributed by atoms with Crippen LogP contribution in [-0.4, -0.2) is 36.3 Å². The van der Waals surface area contributed by atoms with Crippen LogP contribution in [0.5, 0.6) is 0 Å². The van der Waals surface area contributed by atoms with E-state index in [4.69, 9.17) is 0 Å². The summed E-state index contributed by atoms with van der Waals surface area (Å²) < 4.78 is 0. The molecule has 0 radical (unpaired) electrons. The molecule has 114 valence electrons. The average molecular weight is 290 g/mol. The second-order valence-electron chi connectivity index (χ2n) is 4.85. The Morgan fingerprint density at radius 1 is 1.24 bits per heavy atom. The molecule has 0 saturated carbocycles. The number of hydrogen-bond donors (Lipinski definition) is 1. The number of amides is 1. The van der Waals surface area contributed by atoms with Crippen LogP contribution in [0.4, 0.5) is 0 Å². The van der Waals surface area contributed by atoms with Crippen molar-refractivity contribution in [2.45, 2.75) is 45.1 Å². The second kappa shape index (κ2) is 9.80. The molecule has 0 aromatic carbocycles. The number of carbonyl (C=O) groups is 3. The van der Waals surface area contributed by atoms with Gasteiger partial charge in [-0.25, -0.2) is 0 Å². The number of hydrogen-bond acceptors (Lipinski definition) is 4. The number of carbonyl (C=O) groups excluding carboxylic acids is 3. The Kier molecular flexibility index (Phi) is 7.94. The number of ketones is 2. The summed E-state index contributed by atoms with van der Waals surface area (Å²) in [6, 6.07) is -0.853. The predicted molar refractivity (Wildman–Crippen MR) is 82.3 cm³/mol. The lowest BCUT2D eigenvalue weighted by molar-refractivity contribution is -0.122. The standard InChI is InChI=1S/C16H22N2O3/c1-2-3-5-8-15(21)17-11-6-4-7-12-18-16-13(19)9-10-14(16)20/h5,8-10,12,16H,2-4,6-7,11H2,1H3,(H,17,21)/b8-5-,18-12?. The third-order valence-corrected chi connectivity index (χ3v) is 2.99. The molecule has 21 heavy (non-hydrogen) atoms. The van der Waals surface area contributed by atoms with Gasteiger partial charge in [0.15, 0.2) is 17.6 Å². The summed E-state index contributed by atoms with van der Waals surface area (Å²) in [5.41, 5.74) is 0. The van der Waals surface area contributed by atoms with Crippen LogP contribution in [0.2, 0.25) is 0 Å². The van der Waals surface area contributed by atoms with Gasteiger partial charge in [0.1, 0.15) is 0 Å². The van der Waals surface area contributed by atoms with E-state index in [1.807, 2.05) is 6.08 Å². The topological polar surface area (TPSA) is 75.6 Å². The lowest BCUT2D eigenvalue weighted by Crippen LogP contribution is -2.22. The van der Waals surface area contributed by atoms with Crippen LogP contribution in [-0.2, 0) is 14.4 Å². The Morgan fingerprint density at radius 3 is 2.62 bits per heavy atom. The summed E-state index contributed by atoms with van der Waals surface area (Å²) in [4.78, 5) is 37.8. The van der Waals surface area contributed by atoms with E-state index in [0.717, 1.165) is 25.7 Å². The van der Waals surface area contributed by atoms with E-state index in [1.54, 1.807) is 12.3 Å². The zero-order valence-electron chi connectivity index (χ0n) is 12.4. The van der Waals surface area contributed by atoms with Crippen molar-refractivity contribution in [1.29, 1.82) is 0 Å². The normalized spacial score (nSPS) is 15.7. The first-order valence-corrected chi connectivity index (χ1v) is 7.37. The highest BCUT2D eigenvalue weighted by molar-refractivity contribution is 6.22. The van der Waals surface area contributed by atoms with Gasteiger partial charge in [-0.3, -0.25) is 19.4 Å². The molecule has 1 aliphatic rings. The largest absolute Gasteiger partial charge is 0.353 e. The first-order valence-electron chi connectivity index (χ1n) is 7.37. The summed E-state index contributed by atoms with van der Waals surface area (Å²) in [5, 5.41) is 2.80. The number of nitrogens with one attached hydrogen (secondary N) is 1. The van der Waals surface area contributed by atoms with Crippen LogP contribution in [0.1, 0.15) is 39.0 Å². The summed E-state index contributed by atoms with van der Waals surface area (Å²) in [6.45, 7) is 2.68. The van der Waals surface area contributed by atoms with Crippen molar-refractivity contribution < 1.29 is 14.4 Å². The van der Waals surface area contributed by atoms with Gasteiger partial charge in [-0.2, -0.15) is 0 Å². The van der Waals surface area contributed by atoms with Gasteiger partial charge in [0, 0.05) is 12.8 Å². The molecule has 0 fully saturated rings. The zero-order chi connectivity index (χ0) is 15.5. The molecular formula is C16H22N2O3. The van der Waals surface area contributed by atoms with Crippen LogP contribution in [0, 0.1) is 0 Å². The SMILES string of the molecule is CCC/C=C\C(=O)NCCCCC=NC1C(=O)C=CC1=O. The van der Waals surface area contributed by atoms with Crippen molar-refractivity contribution in [1.82, 2.24) is 5.32 Å². The monoisotopic (exact) mass is 290 g/mol. The maximum absolute atomic E-state index is 11.3. The Bertz CT molecular complexity index is 446. The molecule has 1 aliphatic carbocycles. The molecule has 0 heterocycles. The van der Waals surface area contributed by atoms with Gasteiger partial charge in [-0.15, -0.1) is 0 Å². The summed E-state index contributed by atoms with van der Waals surface area (Å²) in [6.07, 6.45) is 11.9. The Hall–Kier alpha value is -2.04. The van der Waals surface area contributed by atoms with Crippen molar-refractivity contribution in [3.63, 3.8) is 0 Å². The highest BCUT2D eigenvalue weighted by atomic mass is 16.2. The number of unbranched alkanes of at least 4 members (excludes halogenated alkanes) is 3. The molecule has 5 nitrogen and oxygen atoms in total. The van der Waals surface area contributed by atoms with Crippen LogP contribution in [0.25, 0.3) is 0 Å². The average Bonchev–Trinajstić information content (AvgIpc) is 2.78. The van der Waals surface area contributed by atoms with Gasteiger partial charge in [0.25, 0.3) is 0 Å². The van der Waals surface area contributed by atoms with Gasteiger partial charge >= 0.3 is 0 Å². The Balaban J connectivity index is 2.06. The Labute approximate surface area is 125 Å². The van der Waals surface area contributed by atoms with Gasteiger partial charge in [0.2, 0.25) is 5.91 Å². The van der Waals surface area contributed by atoms with Crippen molar-refractivity contribution in [2.24, 2.45) is 4.99 Å². The summed E-state index contributed by atoms with van der Waals surface area (Å²) in [5.74, 6) is -0.560. The van der Waals surface area contributed by atoms with E-state index >= 15 is 0 Å². The number of aliphatic imine (C=N–C) groups is 1. The van der Waals surface area contributed by atoms with E-state index < -0.39 is 6.04 Å². The molecule has 0 spiro atoms. The second-order valence-corrected chi connectivity index (χ2v) is 4.85. The number of allylic oxidation sites excluding steroid dienone is 1. The number of nitrogens with zero attached hydrogens (tertiary/aromatic N) is 1. The van der Waals surface area contributed by atoms with E-state index in [0.29, 0.717) is 13.0 Å². The third-order valence-electron chi connectivity index (χ3n) is 2.99. The van der Waals surface area contributed by atoms with Gasteiger partial charge in [-0.1, -0.05) is 19.4 Å². The predicted octanol–water partition coefficient (Wildman–Crippen LogP) is 1.78. The lowest BCUT2D eigenvalue weighted by atomic mass is 10.2. The minimum atomic E-state index is -0.853. The molecule has 0 unspecified atom stereocenters. The highest BCUT2D eigenvalue weighted by Gasteiger charge is 2.26. The first-order chi connectivity index (χ1) is 10.1. The van der Waals surface area contributed by atoms with Crippen molar-refractivity contribution in [3.8, 4) is 0 Å². The molecule has 1 amide bonds. The molecule has 0 atom stereocenters. The highest BCUT2D eigenvalue weighted by Crippen LogP contribution is 2.06. The summed E-state index contributed by atoms with van der Waals surface area (Å²) in [7, 11) is 0. The molecule has 1 N–H and O–H groups in total. The smallest absolute Gasteiger partial charge is 0.243 e. The van der Waals surface area contributed by atoms with Crippen molar-refractivity contribution in [2.75, 3.05) is 6.54 Å². The van der Waals surface area contributed by atoms with Crippen LogP contribution < -0.4 is 5.32 Å². The Morgan fingerprint density at radius 2 is 1.95 bits per heavy atom. The van der Waals surface area contributed by atoms with Crippen molar-refractivity contribution in [3.05, 3.63) is 24.3 Å². The number of rotatable bonds is 9. The molecule has 0 bridgehead atoms. The van der Waals surface area contributed by atoms with Gasteiger partial charge < -0.3 is 5.32 Å². The lowest BCUT2D eigenvalue weighted by Gasteiger charge is -2.01. The first kappa shape index (κ1) is 17.0. The quantitative estimate of drug-likeness (QED) is 0.304. The van der Waals surface area contributed by atoms with Crippen LogP contribution >= 0.6 is 0 Å². The minimum absolute atomic E-state index is 0.0645. The fourth-order valence-electron chi connectivity index (χ4n) is 1.80. The molecule has 0 aliphatic heterocycles. The summed E-state index contributed by atoms with van der Waals surface area (Å²) >= 11 is 0. The minimum Gasteiger partial charge on any atom is -0.353 e. The molecule has 0 aromatic rings. The molecule has 5 heteroatoms. The molecule has 0 aromatic heterocycles. The molecule has 0 saturated heterocycles. The van der Waals surface area contributed by atoms with Crippen LogP contribution in [0.15, 0.2) is 29.3 Å². The molecule has 1 rings (SSSR count).